The molecule has 27 heavy (non-hydrogen) atoms. The number of carbonyl (C=O) groups excluding carboxylic acids is 1. The first-order valence-corrected chi connectivity index (χ1v) is 9.97. The topological polar surface area (TPSA) is 50.2 Å². The molecule has 3 rings (SSSR count). The Kier molecular flexibility index (Phi) is 6.32. The molecule has 1 amide bonds. The Bertz CT molecular complexity index is 755. The van der Waals surface area contributed by atoms with Crippen LogP contribution in [0.1, 0.15) is 42.8 Å². The van der Waals surface area contributed by atoms with Crippen LogP contribution in [-0.4, -0.2) is 33.7 Å². The SMILES string of the molecule is Cc1cc(C)n(CC(=O)NCc2ccc(CN3C[C@@H](C)C[C@H](C)C3)cc2)n1. The van der Waals surface area contributed by atoms with Gasteiger partial charge in [0.05, 0.1) is 5.69 Å². The lowest BCUT2D eigenvalue weighted by Gasteiger charge is -2.35. The van der Waals surface area contributed by atoms with Crippen LogP contribution in [0.3, 0.4) is 0 Å². The smallest absolute Gasteiger partial charge is 0.242 e. The van der Waals surface area contributed by atoms with E-state index in [0.717, 1.165) is 35.3 Å². The maximum absolute atomic E-state index is 12.2. The summed E-state index contributed by atoms with van der Waals surface area (Å²) in [5.74, 6) is 1.55. The molecule has 5 nitrogen and oxygen atoms in total. The predicted molar refractivity (Wildman–Crippen MR) is 108 cm³/mol. The second-order valence-corrected chi connectivity index (χ2v) is 8.32. The van der Waals surface area contributed by atoms with Gasteiger partial charge in [0.1, 0.15) is 6.54 Å². The molecule has 1 aromatic heterocycles. The van der Waals surface area contributed by atoms with Gasteiger partial charge in [-0.1, -0.05) is 38.1 Å². The van der Waals surface area contributed by atoms with Crippen molar-refractivity contribution in [1.82, 2.24) is 20.0 Å². The van der Waals surface area contributed by atoms with Crippen LogP contribution in [0.4, 0.5) is 0 Å². The highest BCUT2D eigenvalue weighted by molar-refractivity contribution is 5.75. The molecule has 1 fully saturated rings. The van der Waals surface area contributed by atoms with E-state index in [1.54, 1.807) is 4.68 Å². The molecule has 0 spiro atoms. The maximum atomic E-state index is 12.2. The van der Waals surface area contributed by atoms with Gasteiger partial charge in [-0.05, 0) is 49.3 Å². The van der Waals surface area contributed by atoms with Crippen molar-refractivity contribution >= 4 is 5.91 Å². The second-order valence-electron chi connectivity index (χ2n) is 8.32. The zero-order chi connectivity index (χ0) is 19.4. The fourth-order valence-corrected chi connectivity index (χ4v) is 4.17. The highest BCUT2D eigenvalue weighted by Gasteiger charge is 2.21. The molecule has 1 aromatic carbocycles. The quantitative estimate of drug-likeness (QED) is 0.851. The molecule has 0 radical (unpaired) electrons. The van der Waals surface area contributed by atoms with Gasteiger partial charge >= 0.3 is 0 Å². The van der Waals surface area contributed by atoms with E-state index in [0.29, 0.717) is 6.54 Å². The minimum atomic E-state index is -0.0124. The Labute approximate surface area is 162 Å². The number of rotatable bonds is 6. The van der Waals surface area contributed by atoms with E-state index < -0.39 is 0 Å². The van der Waals surface area contributed by atoms with E-state index in [1.165, 1.54) is 25.1 Å². The van der Waals surface area contributed by atoms with Crippen molar-refractivity contribution in [2.75, 3.05) is 13.1 Å². The van der Waals surface area contributed by atoms with Gasteiger partial charge in [-0.25, -0.2) is 0 Å². The summed E-state index contributed by atoms with van der Waals surface area (Å²) in [5.41, 5.74) is 4.41. The van der Waals surface area contributed by atoms with Crippen LogP contribution in [0.5, 0.6) is 0 Å². The van der Waals surface area contributed by atoms with E-state index in [4.69, 9.17) is 0 Å². The van der Waals surface area contributed by atoms with E-state index in [1.807, 2.05) is 19.9 Å². The van der Waals surface area contributed by atoms with E-state index >= 15 is 0 Å². The number of benzene rings is 1. The maximum Gasteiger partial charge on any atom is 0.242 e. The molecular formula is C22H32N4O. The molecule has 1 saturated heterocycles. The van der Waals surface area contributed by atoms with Crippen LogP contribution in [0, 0.1) is 25.7 Å². The van der Waals surface area contributed by atoms with Gasteiger partial charge in [0, 0.05) is 31.9 Å². The number of likely N-dealkylation sites (tertiary alicyclic amines) is 1. The molecule has 2 heterocycles. The number of carbonyl (C=O) groups is 1. The van der Waals surface area contributed by atoms with Crippen molar-refractivity contribution in [1.29, 1.82) is 0 Å². The lowest BCUT2D eigenvalue weighted by Crippen LogP contribution is -2.38. The fraction of sp³-hybridized carbons (Fsp3) is 0.545. The summed E-state index contributed by atoms with van der Waals surface area (Å²) in [6.07, 6.45) is 1.34. The monoisotopic (exact) mass is 368 g/mol. The molecule has 2 aromatic rings. The third-order valence-electron chi connectivity index (χ3n) is 5.26. The number of piperidine rings is 1. The van der Waals surface area contributed by atoms with Crippen LogP contribution in [0.15, 0.2) is 30.3 Å². The van der Waals surface area contributed by atoms with Gasteiger partial charge in [-0.15, -0.1) is 0 Å². The number of nitrogens with zero attached hydrogens (tertiary/aromatic N) is 3. The van der Waals surface area contributed by atoms with Crippen molar-refractivity contribution in [2.24, 2.45) is 11.8 Å². The number of aromatic nitrogens is 2. The molecule has 0 bridgehead atoms. The van der Waals surface area contributed by atoms with Crippen molar-refractivity contribution < 1.29 is 4.79 Å². The molecule has 146 valence electrons. The van der Waals surface area contributed by atoms with E-state index in [2.05, 4.69) is 53.4 Å². The first-order chi connectivity index (χ1) is 12.9. The van der Waals surface area contributed by atoms with Gasteiger partial charge in [0.2, 0.25) is 5.91 Å². The molecule has 1 aliphatic rings. The lowest BCUT2D eigenvalue weighted by molar-refractivity contribution is -0.122. The number of hydrogen-bond acceptors (Lipinski definition) is 3. The molecule has 1 aliphatic heterocycles. The van der Waals surface area contributed by atoms with Gasteiger partial charge in [0.25, 0.3) is 0 Å². The van der Waals surface area contributed by atoms with Crippen LogP contribution in [0.2, 0.25) is 0 Å². The zero-order valence-electron chi connectivity index (χ0n) is 17.0. The summed E-state index contributed by atoms with van der Waals surface area (Å²) in [5, 5.41) is 7.32. The van der Waals surface area contributed by atoms with Gasteiger partial charge in [-0.3, -0.25) is 14.4 Å². The molecule has 0 saturated carbocycles. The van der Waals surface area contributed by atoms with Crippen molar-refractivity contribution in [3.8, 4) is 0 Å². The highest BCUT2D eigenvalue weighted by atomic mass is 16.2. The van der Waals surface area contributed by atoms with Crippen LogP contribution < -0.4 is 5.32 Å². The van der Waals surface area contributed by atoms with Gasteiger partial charge in [-0.2, -0.15) is 5.10 Å². The molecule has 1 N–H and O–H groups in total. The molecule has 0 aliphatic carbocycles. The number of amides is 1. The molecular weight excluding hydrogens is 336 g/mol. The summed E-state index contributed by atoms with van der Waals surface area (Å²) in [6, 6.07) is 10.6. The normalized spacial score (nSPS) is 20.6. The first-order valence-electron chi connectivity index (χ1n) is 9.97. The summed E-state index contributed by atoms with van der Waals surface area (Å²) < 4.78 is 1.74. The third-order valence-corrected chi connectivity index (χ3v) is 5.26. The summed E-state index contributed by atoms with van der Waals surface area (Å²) in [4.78, 5) is 14.7. The Morgan fingerprint density at radius 1 is 1.11 bits per heavy atom. The lowest BCUT2D eigenvalue weighted by atomic mass is 9.91. The number of aryl methyl sites for hydroxylation is 2. The Morgan fingerprint density at radius 3 is 2.33 bits per heavy atom. The average molecular weight is 369 g/mol. The highest BCUT2D eigenvalue weighted by Crippen LogP contribution is 2.22. The molecule has 0 unspecified atom stereocenters. The van der Waals surface area contributed by atoms with Crippen molar-refractivity contribution in [2.45, 2.75) is 53.8 Å². The van der Waals surface area contributed by atoms with E-state index in [9.17, 15) is 4.79 Å². The summed E-state index contributed by atoms with van der Waals surface area (Å²) >= 11 is 0. The fourth-order valence-electron chi connectivity index (χ4n) is 4.17. The standard InChI is InChI=1S/C22H32N4O/c1-16-9-17(2)13-25(12-16)14-21-7-5-20(6-8-21)11-23-22(27)15-26-19(4)10-18(3)24-26/h5-8,10,16-17H,9,11-15H2,1-4H3,(H,23,27)/t16-,17-/m0/s1. The second kappa shape index (κ2) is 8.70. The summed E-state index contributed by atoms with van der Waals surface area (Å²) in [7, 11) is 0. The Balaban J connectivity index is 1.47. The minimum Gasteiger partial charge on any atom is -0.350 e. The van der Waals surface area contributed by atoms with E-state index in [-0.39, 0.29) is 12.5 Å². The van der Waals surface area contributed by atoms with Crippen molar-refractivity contribution in [3.63, 3.8) is 0 Å². The van der Waals surface area contributed by atoms with Gasteiger partial charge < -0.3 is 5.32 Å². The van der Waals surface area contributed by atoms with Crippen molar-refractivity contribution in [3.05, 3.63) is 52.8 Å². The van der Waals surface area contributed by atoms with Gasteiger partial charge in [0.15, 0.2) is 0 Å². The zero-order valence-corrected chi connectivity index (χ0v) is 17.0. The molecule has 2 atom stereocenters. The Hall–Kier alpha value is -2.14. The average Bonchev–Trinajstić information content (AvgIpc) is 2.90. The summed E-state index contributed by atoms with van der Waals surface area (Å²) in [6.45, 7) is 12.8. The van der Waals surface area contributed by atoms with Crippen LogP contribution in [-0.2, 0) is 24.4 Å². The Morgan fingerprint density at radius 2 is 1.74 bits per heavy atom. The molecule has 5 heteroatoms. The third kappa shape index (κ3) is 5.67. The predicted octanol–water partition coefficient (Wildman–Crippen LogP) is 3.29. The van der Waals surface area contributed by atoms with Crippen LogP contribution >= 0.6 is 0 Å². The largest absolute Gasteiger partial charge is 0.350 e. The number of hydrogen-bond donors (Lipinski definition) is 1. The first kappa shape index (κ1) is 19.6. The van der Waals surface area contributed by atoms with Crippen LogP contribution in [0.25, 0.3) is 0 Å². The number of nitrogens with one attached hydrogen (secondary N) is 1. The minimum absolute atomic E-state index is 0.0124.